The molecule has 1 amide bonds. The number of fused-ring (bicyclic) bond motifs is 1. The van der Waals surface area contributed by atoms with Crippen molar-refractivity contribution in [2.24, 2.45) is 7.05 Å². The average molecular weight is 421 g/mol. The summed E-state index contributed by atoms with van der Waals surface area (Å²) in [6.45, 7) is 2.25. The van der Waals surface area contributed by atoms with Crippen LogP contribution in [-0.4, -0.2) is 48.3 Å². The van der Waals surface area contributed by atoms with Gasteiger partial charge in [0.05, 0.1) is 11.7 Å². The van der Waals surface area contributed by atoms with Crippen LogP contribution >= 0.6 is 0 Å². The van der Waals surface area contributed by atoms with E-state index in [0.29, 0.717) is 17.9 Å². The van der Waals surface area contributed by atoms with Crippen molar-refractivity contribution in [1.82, 2.24) is 24.1 Å². The Morgan fingerprint density at radius 2 is 2.07 bits per heavy atom. The molecule has 2 atom stereocenters. The summed E-state index contributed by atoms with van der Waals surface area (Å²) in [7, 11) is -0.627. The summed E-state index contributed by atoms with van der Waals surface area (Å²) in [6, 6.07) is 4.06. The van der Waals surface area contributed by atoms with Gasteiger partial charge in [-0.25, -0.2) is 0 Å². The van der Waals surface area contributed by atoms with Crippen molar-refractivity contribution in [3.05, 3.63) is 41.2 Å². The maximum atomic E-state index is 12.8. The van der Waals surface area contributed by atoms with E-state index in [1.165, 1.54) is 7.05 Å². The minimum Gasteiger partial charge on any atom is -0.454 e. The largest absolute Gasteiger partial charge is 0.454 e. The molecule has 29 heavy (non-hydrogen) atoms. The van der Waals surface area contributed by atoms with E-state index in [2.05, 4.69) is 15.1 Å². The zero-order chi connectivity index (χ0) is 20.8. The lowest BCUT2D eigenvalue weighted by molar-refractivity contribution is -0.125. The smallest absolute Gasteiger partial charge is 0.280 e. The highest BCUT2D eigenvalue weighted by Crippen LogP contribution is 2.33. The van der Waals surface area contributed by atoms with Crippen LogP contribution in [0.4, 0.5) is 0 Å². The van der Waals surface area contributed by atoms with Crippen LogP contribution in [0.25, 0.3) is 0 Å². The third-order valence-corrected chi connectivity index (χ3v) is 6.80. The molecule has 4 rings (SSSR count). The molecule has 2 aliphatic rings. The van der Waals surface area contributed by atoms with Crippen LogP contribution in [0.2, 0.25) is 0 Å². The van der Waals surface area contributed by atoms with E-state index in [4.69, 9.17) is 9.47 Å². The van der Waals surface area contributed by atoms with E-state index >= 15 is 0 Å². The molecule has 1 aromatic carbocycles. The van der Waals surface area contributed by atoms with Gasteiger partial charge >= 0.3 is 0 Å². The van der Waals surface area contributed by atoms with Gasteiger partial charge in [0, 0.05) is 32.4 Å². The molecule has 0 radical (unpaired) electrons. The van der Waals surface area contributed by atoms with E-state index in [1.54, 1.807) is 30.1 Å². The van der Waals surface area contributed by atoms with Crippen molar-refractivity contribution < 1.29 is 22.7 Å². The number of aromatic nitrogens is 2. The highest BCUT2D eigenvalue weighted by Gasteiger charge is 2.41. The predicted octanol–water partition coefficient (Wildman–Crippen LogP) is 0.353. The number of hydrogen-bond donors (Lipinski definition) is 2. The second-order valence-electron chi connectivity index (χ2n) is 7.19. The SMILES string of the molecule is Cc1nn(C)cc1C1CC(C(=O)NCc2ccc3c(c2)OCO3)N(C)S(=O)(=O)N1. The van der Waals surface area contributed by atoms with Crippen LogP contribution in [0.15, 0.2) is 24.4 Å². The summed E-state index contributed by atoms with van der Waals surface area (Å²) in [6.07, 6.45) is 2.07. The van der Waals surface area contributed by atoms with E-state index in [0.717, 1.165) is 21.1 Å². The van der Waals surface area contributed by atoms with Crippen molar-refractivity contribution in [3.63, 3.8) is 0 Å². The van der Waals surface area contributed by atoms with Gasteiger partial charge in [0.15, 0.2) is 11.5 Å². The summed E-state index contributed by atoms with van der Waals surface area (Å²) in [5.74, 6) is 0.936. The molecule has 2 aromatic rings. The van der Waals surface area contributed by atoms with Gasteiger partial charge in [-0.3, -0.25) is 9.48 Å². The third kappa shape index (κ3) is 3.80. The number of carbonyl (C=O) groups excluding carboxylic acids is 1. The van der Waals surface area contributed by atoms with Gasteiger partial charge in [-0.2, -0.15) is 22.5 Å². The topological polar surface area (TPSA) is 115 Å². The fourth-order valence-corrected chi connectivity index (χ4v) is 4.90. The molecule has 1 saturated heterocycles. The number of ether oxygens (including phenoxy) is 2. The number of likely N-dealkylation sites (N-methyl/N-ethyl adjacent to an activating group) is 1. The highest BCUT2D eigenvalue weighted by atomic mass is 32.2. The first-order valence-electron chi connectivity index (χ1n) is 9.16. The Morgan fingerprint density at radius 1 is 1.31 bits per heavy atom. The molecular weight excluding hydrogens is 398 g/mol. The number of rotatable bonds is 4. The van der Waals surface area contributed by atoms with Crippen LogP contribution in [0.1, 0.15) is 29.3 Å². The van der Waals surface area contributed by atoms with Gasteiger partial charge in [-0.15, -0.1) is 0 Å². The van der Waals surface area contributed by atoms with Crippen molar-refractivity contribution in [1.29, 1.82) is 0 Å². The Hall–Kier alpha value is -2.63. The van der Waals surface area contributed by atoms with Crippen LogP contribution in [0, 0.1) is 6.92 Å². The lowest BCUT2D eigenvalue weighted by Gasteiger charge is -2.36. The zero-order valence-corrected chi connectivity index (χ0v) is 17.2. The van der Waals surface area contributed by atoms with E-state index in [1.807, 2.05) is 13.0 Å². The Labute approximate surface area is 169 Å². The van der Waals surface area contributed by atoms with Crippen LogP contribution in [0.5, 0.6) is 11.5 Å². The van der Waals surface area contributed by atoms with E-state index < -0.39 is 22.3 Å². The monoisotopic (exact) mass is 421 g/mol. The molecule has 2 aliphatic heterocycles. The molecule has 0 bridgehead atoms. The number of nitrogens with zero attached hydrogens (tertiary/aromatic N) is 3. The standard InChI is InChI=1S/C18H23N5O5S/c1-11-13(9-22(2)20-11)14-7-15(23(3)29(25,26)21-14)18(24)19-8-12-4-5-16-17(6-12)28-10-27-16/h4-6,9,14-15,21H,7-8,10H2,1-3H3,(H,19,24). The zero-order valence-electron chi connectivity index (χ0n) is 16.4. The first kappa shape index (κ1) is 19.7. The Balaban J connectivity index is 1.49. The summed E-state index contributed by atoms with van der Waals surface area (Å²) < 4.78 is 41.1. The quantitative estimate of drug-likeness (QED) is 0.736. The molecule has 1 fully saturated rings. The predicted molar refractivity (Wildman–Crippen MR) is 103 cm³/mol. The molecule has 0 saturated carbocycles. The molecule has 11 heteroatoms. The van der Waals surface area contributed by atoms with Crippen molar-refractivity contribution >= 4 is 16.1 Å². The molecule has 10 nitrogen and oxygen atoms in total. The first-order chi connectivity index (χ1) is 13.7. The molecule has 3 heterocycles. The number of benzene rings is 1. The van der Waals surface area contributed by atoms with Crippen molar-refractivity contribution in [2.45, 2.75) is 32.0 Å². The minimum absolute atomic E-state index is 0.179. The first-order valence-corrected chi connectivity index (χ1v) is 10.6. The van der Waals surface area contributed by atoms with Crippen LogP contribution in [0.3, 0.4) is 0 Å². The second kappa shape index (κ2) is 7.32. The van der Waals surface area contributed by atoms with E-state index in [-0.39, 0.29) is 19.2 Å². The maximum Gasteiger partial charge on any atom is 0.280 e. The summed E-state index contributed by atoms with van der Waals surface area (Å²) >= 11 is 0. The second-order valence-corrected chi connectivity index (χ2v) is 8.95. The molecule has 0 aliphatic carbocycles. The number of aryl methyl sites for hydroxylation is 2. The van der Waals surface area contributed by atoms with Crippen molar-refractivity contribution in [2.75, 3.05) is 13.8 Å². The van der Waals surface area contributed by atoms with Crippen LogP contribution < -0.4 is 19.5 Å². The summed E-state index contributed by atoms with van der Waals surface area (Å²) in [4.78, 5) is 12.8. The third-order valence-electron chi connectivity index (χ3n) is 5.20. The average Bonchev–Trinajstić information content (AvgIpc) is 3.26. The van der Waals surface area contributed by atoms with Gasteiger partial charge in [0.1, 0.15) is 6.04 Å². The number of carbonyl (C=O) groups is 1. The van der Waals surface area contributed by atoms with E-state index in [9.17, 15) is 13.2 Å². The van der Waals surface area contributed by atoms with Crippen molar-refractivity contribution in [3.8, 4) is 11.5 Å². The molecule has 0 spiro atoms. The summed E-state index contributed by atoms with van der Waals surface area (Å²) in [5.41, 5.74) is 2.32. The number of nitrogens with one attached hydrogen (secondary N) is 2. The Morgan fingerprint density at radius 3 is 2.79 bits per heavy atom. The van der Waals surface area contributed by atoms with Gasteiger partial charge in [-0.1, -0.05) is 6.07 Å². The Kier molecular flexibility index (Phi) is 4.97. The van der Waals surface area contributed by atoms with Gasteiger partial charge < -0.3 is 14.8 Å². The van der Waals surface area contributed by atoms with Gasteiger partial charge in [0.2, 0.25) is 12.7 Å². The highest BCUT2D eigenvalue weighted by molar-refractivity contribution is 7.87. The lowest BCUT2D eigenvalue weighted by atomic mass is 10.00. The maximum absolute atomic E-state index is 12.8. The lowest BCUT2D eigenvalue weighted by Crippen LogP contribution is -2.57. The van der Waals surface area contributed by atoms with Gasteiger partial charge in [-0.05, 0) is 31.0 Å². The molecule has 1 aromatic heterocycles. The molecule has 156 valence electrons. The normalized spacial score (nSPS) is 23.1. The molecule has 2 unspecified atom stereocenters. The fourth-order valence-electron chi connectivity index (χ4n) is 3.63. The Bertz CT molecular complexity index is 1050. The van der Waals surface area contributed by atoms with Crippen LogP contribution in [-0.2, 0) is 28.6 Å². The minimum atomic E-state index is -3.80. The summed E-state index contributed by atoms with van der Waals surface area (Å²) in [5, 5.41) is 7.10. The number of amides is 1. The molecule has 2 N–H and O–H groups in total. The molecular formula is C18H23N5O5S. The van der Waals surface area contributed by atoms with Gasteiger partial charge in [0.25, 0.3) is 10.2 Å². The fraction of sp³-hybridized carbons (Fsp3) is 0.444. The number of hydrogen-bond acceptors (Lipinski definition) is 6.